The number of aromatic hydroxyl groups is 3. The summed E-state index contributed by atoms with van der Waals surface area (Å²) in [7, 11) is 0. The van der Waals surface area contributed by atoms with Crippen molar-refractivity contribution in [2.75, 3.05) is 0 Å². The molecule has 0 unspecified atom stereocenters. The molecule has 6 N–H and O–H groups in total. The van der Waals surface area contributed by atoms with Crippen molar-refractivity contribution < 1.29 is 18.1 Å². The summed E-state index contributed by atoms with van der Waals surface area (Å²) >= 11 is 0. The van der Waals surface area contributed by atoms with E-state index in [1.54, 1.807) is 5.84 Å². The third-order valence-corrected chi connectivity index (χ3v) is 1.46. The zero-order valence-electron chi connectivity index (χ0n) is 8.15. The molecule has 1 aromatic carbocycles. The maximum atomic E-state index is 9.31. The van der Waals surface area contributed by atoms with E-state index in [1.807, 2.05) is 0 Å². The Balaban J connectivity index is 2.94. The van der Waals surface area contributed by atoms with E-state index in [-0.39, 0.29) is 12.1 Å². The van der Waals surface area contributed by atoms with Gasteiger partial charge in [0.25, 0.3) is 0 Å². The van der Waals surface area contributed by atoms with E-state index in [1.165, 1.54) is 12.1 Å². The summed E-state index contributed by atoms with van der Waals surface area (Å²) < 4.78 is 13.7. The lowest BCUT2D eigenvalue weighted by atomic mass is 10.2. The fourth-order valence-electron chi connectivity index (χ4n) is 0.824. The minimum absolute atomic E-state index is 0.0941. The van der Waals surface area contributed by atoms with Gasteiger partial charge in [0.2, 0.25) is 5.75 Å². The van der Waals surface area contributed by atoms with Crippen LogP contribution in [0.25, 0.3) is 0 Å². The quantitative estimate of drug-likeness (QED) is 0.189. The Morgan fingerprint density at radius 1 is 1.42 bits per heavy atom. The second-order valence-corrected chi connectivity index (χ2v) is 2.26. The number of nitrogens with one attached hydrogen (secondary N) is 1. The average Bonchev–Trinajstić information content (AvgIpc) is 2.19. The first-order valence-electron chi connectivity index (χ1n) is 4.17. The van der Waals surface area contributed by atoms with Crippen LogP contribution in [-0.4, -0.2) is 15.3 Å². The molecule has 0 aliphatic heterocycles. The third kappa shape index (κ3) is 1.41. The first-order valence-corrected chi connectivity index (χ1v) is 3.22. The van der Waals surface area contributed by atoms with Gasteiger partial charge in [-0.05, 0) is 6.07 Å². The average molecular weight is 174 g/mol. The van der Waals surface area contributed by atoms with Crippen LogP contribution in [0.5, 0.6) is 17.2 Å². The molecule has 1 rings (SSSR count). The molecule has 0 bridgehead atoms. The lowest BCUT2D eigenvalue weighted by Crippen LogP contribution is -2.20. The minimum Gasteiger partial charge on any atom is -0.504 e. The molecule has 66 valence electrons. The van der Waals surface area contributed by atoms with Crippen LogP contribution in [0.4, 0.5) is 0 Å². The molecule has 0 atom stereocenters. The van der Waals surface area contributed by atoms with E-state index in [9.17, 15) is 5.11 Å². The fourth-order valence-corrected chi connectivity index (χ4v) is 0.824. The van der Waals surface area contributed by atoms with E-state index in [4.69, 9.17) is 13.0 Å². The van der Waals surface area contributed by atoms with Gasteiger partial charge < -0.3 is 15.3 Å². The number of benzene rings is 1. The van der Waals surface area contributed by atoms with Crippen molar-refractivity contribution in [3.05, 3.63) is 17.7 Å². The molecule has 5 nitrogen and oxygen atoms in total. The van der Waals surface area contributed by atoms with Gasteiger partial charge in [-0.15, -0.1) is 0 Å². The van der Waals surface area contributed by atoms with E-state index >= 15 is 0 Å². The van der Waals surface area contributed by atoms with Crippen LogP contribution < -0.4 is 11.3 Å². The van der Waals surface area contributed by atoms with Gasteiger partial charge >= 0.3 is 0 Å². The molecular weight excluding hydrogens is 162 g/mol. The summed E-state index contributed by atoms with van der Waals surface area (Å²) in [4.78, 5) is 0. The number of phenols is 3. The van der Waals surface area contributed by atoms with E-state index in [0.29, 0.717) is 5.42 Å². The first-order chi connectivity index (χ1) is 6.56. The van der Waals surface area contributed by atoms with Crippen LogP contribution in [0.2, 0.25) is 2.82 Å². The standard InChI is InChI=1S/C7H10N2O3/c8-9-3-4-1-2-5(10)7(12)6(4)11/h1-2,9-12H,3,8H2/i8+1,9+1/hD2. The Morgan fingerprint density at radius 3 is 2.83 bits per heavy atom. The molecule has 0 heterocycles. The van der Waals surface area contributed by atoms with Crippen molar-refractivity contribution in [3.8, 4) is 17.2 Å². The van der Waals surface area contributed by atoms with Crippen molar-refractivity contribution in [1.82, 2.24) is 5.42 Å². The lowest BCUT2D eigenvalue weighted by molar-refractivity contribution is 0.364. The molecule has 0 spiro atoms. The van der Waals surface area contributed by atoms with Crippen molar-refractivity contribution in [2.24, 2.45) is 5.84 Å². The number of hydrogen-bond acceptors (Lipinski definition) is 5. The summed E-state index contributed by atoms with van der Waals surface area (Å²) in [6.07, 6.45) is 0. The van der Waals surface area contributed by atoms with Crippen molar-refractivity contribution in [3.63, 3.8) is 0 Å². The maximum absolute atomic E-state index is 9.31. The molecule has 0 fully saturated rings. The Morgan fingerprint density at radius 2 is 2.17 bits per heavy atom. The second kappa shape index (κ2) is 3.29. The zero-order valence-corrected chi connectivity index (χ0v) is 6.15. The first kappa shape index (κ1) is 6.10. The van der Waals surface area contributed by atoms with Crippen molar-refractivity contribution in [1.29, 1.82) is 0 Å². The summed E-state index contributed by atoms with van der Waals surface area (Å²) in [5.41, 5.74) is 0.876. The van der Waals surface area contributed by atoms with Gasteiger partial charge in [0.15, 0.2) is 11.5 Å². The predicted octanol–water partition coefficient (Wildman–Crippen LogP) is -0.233. The molecule has 0 aromatic heterocycles. The van der Waals surface area contributed by atoms with Gasteiger partial charge in [-0.25, -0.2) is 0 Å². The number of phenolic OH excluding ortho intramolecular Hbond substituents is 3. The Labute approximate surface area is 72.0 Å². The van der Waals surface area contributed by atoms with Crippen LogP contribution in [0, 0.1) is 0 Å². The van der Waals surface area contributed by atoms with Crippen LogP contribution >= 0.6 is 0 Å². The highest BCUT2D eigenvalue weighted by atomic mass is 16.3. The highest BCUT2D eigenvalue weighted by Crippen LogP contribution is 2.36. The van der Waals surface area contributed by atoms with E-state index in [0.717, 1.165) is 0 Å². The van der Waals surface area contributed by atoms with Crippen LogP contribution in [0.1, 0.15) is 5.56 Å². The second-order valence-electron chi connectivity index (χ2n) is 2.26. The third-order valence-electron chi connectivity index (χ3n) is 1.46. The van der Waals surface area contributed by atoms with Gasteiger partial charge in [0, 0.05) is 12.1 Å². The Hall–Kier alpha value is -1.46. The summed E-state index contributed by atoms with van der Waals surface area (Å²) in [5.74, 6) is 0.228. The molecule has 0 saturated carbocycles. The number of hydrazine groups is 1. The molecule has 0 amide bonds. The van der Waals surface area contributed by atoms with Gasteiger partial charge in [0.1, 0.15) is 2.82 Å². The number of nitrogens with two attached hydrogens (primary N) is 1. The SMILES string of the molecule is [2H][15NH][15N]([2H])Cc1ccc(O)c(O)c1O. The fraction of sp³-hybridized carbons (Fsp3) is 0.143. The number of hydrogen-bond donors (Lipinski definition) is 5. The maximum Gasteiger partial charge on any atom is 0.200 e. The summed E-state index contributed by atoms with van der Waals surface area (Å²) in [6.45, 7) is -0.0941. The van der Waals surface area contributed by atoms with Crippen molar-refractivity contribution in [2.45, 2.75) is 6.54 Å². The molecule has 0 aliphatic carbocycles. The van der Waals surface area contributed by atoms with Gasteiger partial charge in [-0.1, -0.05) is 6.07 Å². The molecule has 0 aliphatic rings. The van der Waals surface area contributed by atoms with Crippen LogP contribution in [0.3, 0.4) is 0 Å². The lowest BCUT2D eigenvalue weighted by Gasteiger charge is -2.05. The summed E-state index contributed by atoms with van der Waals surface area (Å²) in [6, 6.07) is 2.55. The zero-order chi connectivity index (χ0) is 10.7. The highest BCUT2D eigenvalue weighted by Gasteiger charge is 2.09. The molecule has 1 aromatic rings. The minimum atomic E-state index is -0.624. The predicted molar refractivity (Wildman–Crippen MR) is 42.5 cm³/mol. The smallest absolute Gasteiger partial charge is 0.200 e. The molecule has 5 heteroatoms. The van der Waals surface area contributed by atoms with Crippen LogP contribution in [0.15, 0.2) is 12.1 Å². The topological polar surface area (TPSA) is 98.7 Å². The van der Waals surface area contributed by atoms with Gasteiger partial charge in [-0.2, -0.15) is 0 Å². The molecular formula is C7H10N2O3. The van der Waals surface area contributed by atoms with Gasteiger partial charge in [-0.3, -0.25) is 11.3 Å². The van der Waals surface area contributed by atoms with Crippen LogP contribution in [-0.2, 0) is 6.54 Å². The van der Waals surface area contributed by atoms with Gasteiger partial charge in [0.05, 0.1) is 0 Å². The van der Waals surface area contributed by atoms with Crippen molar-refractivity contribution >= 4 is 0 Å². The van der Waals surface area contributed by atoms with E-state index in [2.05, 4.69) is 0 Å². The van der Waals surface area contributed by atoms with E-state index < -0.39 is 17.2 Å². The Kier molecular flexibility index (Phi) is 1.67. The largest absolute Gasteiger partial charge is 0.504 e. The monoisotopic (exact) mass is 174 g/mol. The normalized spacial score (nSPS) is 12.8. The Bertz CT molecular complexity index is 335. The molecule has 0 saturated heterocycles. The summed E-state index contributed by atoms with van der Waals surface area (Å²) in [5, 5.41) is 27.4. The molecule has 12 heavy (non-hydrogen) atoms. The molecule has 0 radical (unpaired) electrons. The number of rotatable bonds is 3. The highest BCUT2D eigenvalue weighted by molar-refractivity contribution is 5.52.